The lowest BCUT2D eigenvalue weighted by atomic mass is 10.2. The van der Waals surface area contributed by atoms with Crippen molar-refractivity contribution >= 4 is 50.4 Å². The Kier molecular flexibility index (Phi) is 5.10. The zero-order chi connectivity index (χ0) is 19.5. The van der Waals surface area contributed by atoms with Crippen molar-refractivity contribution in [2.75, 3.05) is 12.1 Å². The molecular formula is C20H14ClN3O3S. The zero-order valence-corrected chi connectivity index (χ0v) is 16.3. The Morgan fingerprint density at radius 3 is 2.79 bits per heavy atom. The van der Waals surface area contributed by atoms with E-state index in [0.29, 0.717) is 27.2 Å². The van der Waals surface area contributed by atoms with Crippen LogP contribution in [0.1, 0.15) is 16.1 Å². The molecule has 0 N–H and O–H groups in total. The van der Waals surface area contributed by atoms with Crippen LogP contribution in [0, 0.1) is 0 Å². The molecule has 0 aliphatic carbocycles. The van der Waals surface area contributed by atoms with Crippen LogP contribution in [0.2, 0.25) is 5.02 Å². The third-order valence-electron chi connectivity index (χ3n) is 3.89. The number of nitrogens with zero attached hydrogens (tertiary/aromatic N) is 3. The Morgan fingerprint density at radius 1 is 1.25 bits per heavy atom. The Morgan fingerprint density at radius 2 is 2.07 bits per heavy atom. The molecule has 4 aromatic rings. The predicted molar refractivity (Wildman–Crippen MR) is 111 cm³/mol. The van der Waals surface area contributed by atoms with Crippen LogP contribution in [0.15, 0.2) is 70.4 Å². The fraction of sp³-hybridized carbons (Fsp3) is 0.0500. The average Bonchev–Trinajstić information content (AvgIpc) is 3.37. The van der Waals surface area contributed by atoms with E-state index in [9.17, 15) is 4.79 Å². The summed E-state index contributed by atoms with van der Waals surface area (Å²) in [7, 11) is 1.57. The third-order valence-corrected chi connectivity index (χ3v) is 5.12. The molecule has 0 aliphatic rings. The number of benzene rings is 2. The van der Waals surface area contributed by atoms with Crippen LogP contribution in [-0.2, 0) is 0 Å². The summed E-state index contributed by atoms with van der Waals surface area (Å²) in [6.45, 7) is 0. The molecule has 0 bridgehead atoms. The molecule has 28 heavy (non-hydrogen) atoms. The number of rotatable bonds is 5. The largest absolute Gasteiger partial charge is 0.497 e. The predicted octanol–water partition coefficient (Wildman–Crippen LogP) is 5.23. The Bertz CT molecular complexity index is 1140. The number of carbonyl (C=O) groups excluding carboxylic acids is 1. The van der Waals surface area contributed by atoms with Gasteiger partial charge in [-0.15, -0.1) is 0 Å². The number of anilines is 1. The number of methoxy groups -OCH3 is 1. The highest BCUT2D eigenvalue weighted by molar-refractivity contribution is 7.22. The lowest BCUT2D eigenvalue weighted by Crippen LogP contribution is -2.25. The summed E-state index contributed by atoms with van der Waals surface area (Å²) in [5.41, 5.74) is 1.19. The molecule has 0 spiro atoms. The number of amides is 1. The molecule has 0 saturated carbocycles. The fourth-order valence-electron chi connectivity index (χ4n) is 2.50. The van der Waals surface area contributed by atoms with Gasteiger partial charge in [0.25, 0.3) is 5.91 Å². The van der Waals surface area contributed by atoms with Gasteiger partial charge in [-0.2, -0.15) is 10.1 Å². The molecule has 8 heteroatoms. The number of ether oxygens (including phenoxy) is 1. The second kappa shape index (κ2) is 7.84. The second-order valence-electron chi connectivity index (χ2n) is 5.71. The first-order valence-corrected chi connectivity index (χ1v) is 9.45. The van der Waals surface area contributed by atoms with Gasteiger partial charge in [-0.25, -0.2) is 4.98 Å². The van der Waals surface area contributed by atoms with Crippen LogP contribution in [0.25, 0.3) is 10.2 Å². The summed E-state index contributed by atoms with van der Waals surface area (Å²) in [5, 5.41) is 6.61. The van der Waals surface area contributed by atoms with E-state index in [-0.39, 0.29) is 5.91 Å². The summed E-state index contributed by atoms with van der Waals surface area (Å²) in [4.78, 5) is 17.7. The number of fused-ring (bicyclic) bond motifs is 1. The molecule has 0 fully saturated rings. The second-order valence-corrected chi connectivity index (χ2v) is 7.16. The van der Waals surface area contributed by atoms with Gasteiger partial charge in [-0.05, 0) is 54.6 Å². The van der Waals surface area contributed by atoms with Crippen molar-refractivity contribution in [1.29, 1.82) is 0 Å². The highest BCUT2D eigenvalue weighted by atomic mass is 35.5. The van der Waals surface area contributed by atoms with Crippen LogP contribution in [-0.4, -0.2) is 24.2 Å². The molecule has 0 saturated heterocycles. The normalized spacial score (nSPS) is 11.2. The van der Waals surface area contributed by atoms with Crippen molar-refractivity contribution in [2.45, 2.75) is 0 Å². The summed E-state index contributed by atoms with van der Waals surface area (Å²) < 4.78 is 11.3. The van der Waals surface area contributed by atoms with Crippen molar-refractivity contribution in [3.8, 4) is 5.75 Å². The summed E-state index contributed by atoms with van der Waals surface area (Å²) in [5.74, 6) is 0.865. The van der Waals surface area contributed by atoms with E-state index < -0.39 is 0 Å². The first kappa shape index (κ1) is 18.2. The van der Waals surface area contributed by atoms with Gasteiger partial charge < -0.3 is 9.15 Å². The summed E-state index contributed by atoms with van der Waals surface area (Å²) in [6, 6.07) is 15.7. The van der Waals surface area contributed by atoms with Gasteiger partial charge in [0, 0.05) is 10.6 Å². The van der Waals surface area contributed by atoms with Crippen molar-refractivity contribution in [3.05, 3.63) is 77.2 Å². The van der Waals surface area contributed by atoms with Crippen molar-refractivity contribution < 1.29 is 13.9 Å². The van der Waals surface area contributed by atoms with Gasteiger partial charge in [-0.3, -0.25) is 4.79 Å². The molecule has 2 heterocycles. The number of hydrogen-bond donors (Lipinski definition) is 0. The van der Waals surface area contributed by atoms with Crippen LogP contribution in [0.5, 0.6) is 5.75 Å². The molecule has 6 nitrogen and oxygen atoms in total. The van der Waals surface area contributed by atoms with Gasteiger partial charge in [0.1, 0.15) is 11.5 Å². The molecule has 0 atom stereocenters. The van der Waals surface area contributed by atoms with E-state index in [1.807, 2.05) is 12.1 Å². The number of hydrazone groups is 1. The molecular weight excluding hydrogens is 398 g/mol. The van der Waals surface area contributed by atoms with E-state index in [4.69, 9.17) is 20.8 Å². The number of hydrogen-bond acceptors (Lipinski definition) is 6. The topological polar surface area (TPSA) is 67.9 Å². The third kappa shape index (κ3) is 3.76. The molecule has 140 valence electrons. The molecule has 0 unspecified atom stereocenters. The number of aromatic nitrogens is 1. The summed E-state index contributed by atoms with van der Waals surface area (Å²) >= 11 is 7.40. The fourth-order valence-corrected chi connectivity index (χ4v) is 3.70. The van der Waals surface area contributed by atoms with Gasteiger partial charge in [0.05, 0.1) is 29.8 Å². The SMILES string of the molecule is COc1ccc(C(=O)N(/N=C\c2ccco2)c2nc3ccc(Cl)cc3s2)cc1. The minimum Gasteiger partial charge on any atom is -0.497 e. The van der Waals surface area contributed by atoms with E-state index in [1.54, 1.807) is 49.6 Å². The standard InChI is InChI=1S/C20H14ClN3O3S/c1-26-15-7-4-13(5-8-15)19(25)24(22-12-16-3-2-10-27-16)20-23-17-9-6-14(21)11-18(17)28-20/h2-12H,1H3/b22-12-. The first-order valence-electron chi connectivity index (χ1n) is 8.26. The molecule has 1 amide bonds. The van der Waals surface area contributed by atoms with E-state index >= 15 is 0 Å². The van der Waals surface area contributed by atoms with Gasteiger partial charge >= 0.3 is 0 Å². The van der Waals surface area contributed by atoms with Crippen LogP contribution >= 0.6 is 22.9 Å². The minimum absolute atomic E-state index is 0.324. The van der Waals surface area contributed by atoms with E-state index in [0.717, 1.165) is 10.2 Å². The maximum Gasteiger partial charge on any atom is 0.280 e. The first-order chi connectivity index (χ1) is 13.6. The monoisotopic (exact) mass is 411 g/mol. The molecule has 2 aromatic carbocycles. The van der Waals surface area contributed by atoms with Crippen molar-refractivity contribution in [2.24, 2.45) is 5.10 Å². The minimum atomic E-state index is -0.324. The van der Waals surface area contributed by atoms with Gasteiger partial charge in [0.15, 0.2) is 0 Å². The average molecular weight is 412 g/mol. The maximum absolute atomic E-state index is 13.1. The lowest BCUT2D eigenvalue weighted by Gasteiger charge is -2.13. The Labute approximate surface area is 169 Å². The Balaban J connectivity index is 1.74. The number of furan rings is 1. The van der Waals surface area contributed by atoms with E-state index in [1.165, 1.54) is 28.8 Å². The van der Waals surface area contributed by atoms with Crippen molar-refractivity contribution in [1.82, 2.24) is 4.98 Å². The zero-order valence-electron chi connectivity index (χ0n) is 14.7. The van der Waals surface area contributed by atoms with Crippen molar-refractivity contribution in [3.63, 3.8) is 0 Å². The van der Waals surface area contributed by atoms with Gasteiger partial charge in [0.2, 0.25) is 5.13 Å². The molecule has 0 radical (unpaired) electrons. The number of thiazole rings is 1. The molecule has 0 aliphatic heterocycles. The smallest absolute Gasteiger partial charge is 0.280 e. The van der Waals surface area contributed by atoms with Gasteiger partial charge in [-0.1, -0.05) is 22.9 Å². The van der Waals surface area contributed by atoms with Crippen LogP contribution in [0.4, 0.5) is 5.13 Å². The van der Waals surface area contributed by atoms with Crippen LogP contribution < -0.4 is 9.75 Å². The lowest BCUT2D eigenvalue weighted by molar-refractivity contribution is 0.0988. The summed E-state index contributed by atoms with van der Waals surface area (Å²) in [6.07, 6.45) is 3.01. The highest BCUT2D eigenvalue weighted by Gasteiger charge is 2.21. The quantitative estimate of drug-likeness (QED) is 0.333. The molecule has 2 aromatic heterocycles. The Hall–Kier alpha value is -3.16. The number of carbonyl (C=O) groups is 1. The molecule has 4 rings (SSSR count). The van der Waals surface area contributed by atoms with Crippen LogP contribution in [0.3, 0.4) is 0 Å². The highest BCUT2D eigenvalue weighted by Crippen LogP contribution is 2.32. The maximum atomic E-state index is 13.1. The number of halogens is 1. The van der Waals surface area contributed by atoms with E-state index in [2.05, 4.69) is 10.1 Å².